The van der Waals surface area contributed by atoms with Crippen LogP contribution in [-0.4, -0.2) is 22.4 Å². The molecule has 2 aromatic heterocycles. The van der Waals surface area contributed by atoms with Crippen LogP contribution >= 0.6 is 34.4 Å². The molecule has 0 fully saturated rings. The minimum Gasteiger partial charge on any atom is -0.272 e. The number of hydrogen-bond acceptors (Lipinski definition) is 5. The molecule has 1 unspecified atom stereocenters. The highest BCUT2D eigenvalue weighted by Gasteiger charge is 2.33. The monoisotopic (exact) mass is 398 g/mol. The van der Waals surface area contributed by atoms with E-state index in [1.54, 1.807) is 39.4 Å². The number of nitrogens with zero attached hydrogens (tertiary/aromatic N) is 2. The zero-order valence-electron chi connectivity index (χ0n) is 14.1. The molecule has 1 aliphatic heterocycles. The lowest BCUT2D eigenvalue weighted by Crippen LogP contribution is -2.28. The first-order valence-electron chi connectivity index (χ1n) is 8.40. The molecule has 0 saturated carbocycles. The van der Waals surface area contributed by atoms with Gasteiger partial charge in [-0.3, -0.25) is 4.79 Å². The second kappa shape index (κ2) is 8.20. The summed E-state index contributed by atoms with van der Waals surface area (Å²) >= 11 is 5.01. The molecule has 6 heteroatoms. The summed E-state index contributed by atoms with van der Waals surface area (Å²) in [4.78, 5) is 15.2. The SMILES string of the molecule is O=C(CSCc1ccccc1)N1N=C(c2cccs2)CC1c1cccs1. The maximum absolute atomic E-state index is 12.9. The molecule has 4 rings (SSSR count). The Hall–Kier alpha value is -1.89. The van der Waals surface area contributed by atoms with E-state index in [1.165, 1.54) is 10.4 Å². The summed E-state index contributed by atoms with van der Waals surface area (Å²) < 4.78 is 0. The summed E-state index contributed by atoms with van der Waals surface area (Å²) in [7, 11) is 0. The molecule has 132 valence electrons. The molecule has 1 atom stereocenters. The van der Waals surface area contributed by atoms with Gasteiger partial charge in [-0.1, -0.05) is 42.5 Å². The standard InChI is InChI=1S/C20H18N2OS3/c23-20(14-24-13-15-6-2-1-3-7-15)22-17(19-9-5-11-26-19)12-16(21-22)18-8-4-10-25-18/h1-11,17H,12-14H2. The number of thiophene rings is 2. The predicted octanol–water partition coefficient (Wildman–Crippen LogP) is 5.42. The highest BCUT2D eigenvalue weighted by Crippen LogP contribution is 2.36. The number of carbonyl (C=O) groups excluding carboxylic acids is 1. The van der Waals surface area contributed by atoms with Crippen LogP contribution in [0.15, 0.2) is 70.5 Å². The minimum atomic E-state index is 0.0249. The molecule has 0 saturated heterocycles. The average Bonchev–Trinajstić information content (AvgIpc) is 3.42. The van der Waals surface area contributed by atoms with E-state index < -0.39 is 0 Å². The number of rotatable bonds is 6. The van der Waals surface area contributed by atoms with Gasteiger partial charge in [0.05, 0.1) is 22.4 Å². The molecular weight excluding hydrogens is 380 g/mol. The van der Waals surface area contributed by atoms with Gasteiger partial charge in [0.25, 0.3) is 5.91 Å². The number of amides is 1. The zero-order chi connectivity index (χ0) is 17.8. The van der Waals surface area contributed by atoms with Crippen molar-refractivity contribution in [3.63, 3.8) is 0 Å². The molecule has 0 bridgehead atoms. The first-order valence-corrected chi connectivity index (χ1v) is 11.3. The summed E-state index contributed by atoms with van der Waals surface area (Å²) in [5, 5.41) is 10.5. The summed E-state index contributed by atoms with van der Waals surface area (Å²) in [6.45, 7) is 0. The lowest BCUT2D eigenvalue weighted by molar-refractivity contribution is -0.130. The van der Waals surface area contributed by atoms with Crippen LogP contribution in [0, 0.1) is 0 Å². The first kappa shape index (κ1) is 17.5. The van der Waals surface area contributed by atoms with Crippen LogP contribution in [0.1, 0.15) is 27.8 Å². The third-order valence-electron chi connectivity index (χ3n) is 4.18. The van der Waals surface area contributed by atoms with E-state index in [2.05, 4.69) is 35.0 Å². The molecule has 3 aromatic rings. The molecule has 1 amide bonds. The molecule has 0 N–H and O–H groups in total. The molecule has 1 aromatic carbocycles. The smallest absolute Gasteiger partial charge is 0.253 e. The average molecular weight is 399 g/mol. The quantitative estimate of drug-likeness (QED) is 0.555. The van der Waals surface area contributed by atoms with E-state index in [9.17, 15) is 4.79 Å². The topological polar surface area (TPSA) is 32.7 Å². The molecule has 0 spiro atoms. The van der Waals surface area contributed by atoms with Crippen LogP contribution in [0.25, 0.3) is 0 Å². The minimum absolute atomic E-state index is 0.0249. The van der Waals surface area contributed by atoms with Crippen molar-refractivity contribution >= 4 is 46.1 Å². The Kier molecular flexibility index (Phi) is 5.53. The molecule has 0 aliphatic carbocycles. The second-order valence-electron chi connectivity index (χ2n) is 5.98. The van der Waals surface area contributed by atoms with Crippen LogP contribution in [0.5, 0.6) is 0 Å². The summed E-state index contributed by atoms with van der Waals surface area (Å²) in [6.07, 6.45) is 0.788. The normalized spacial score (nSPS) is 16.7. The van der Waals surface area contributed by atoms with Crippen LogP contribution in [0.3, 0.4) is 0 Å². The number of hydrogen-bond donors (Lipinski definition) is 0. The van der Waals surface area contributed by atoms with E-state index in [-0.39, 0.29) is 11.9 Å². The van der Waals surface area contributed by atoms with Crippen molar-refractivity contribution in [1.29, 1.82) is 0 Å². The number of benzene rings is 1. The highest BCUT2D eigenvalue weighted by molar-refractivity contribution is 7.99. The largest absolute Gasteiger partial charge is 0.272 e. The third kappa shape index (κ3) is 3.92. The summed E-state index contributed by atoms with van der Waals surface area (Å²) in [5.74, 6) is 1.36. The summed E-state index contributed by atoms with van der Waals surface area (Å²) in [6, 6.07) is 18.5. The van der Waals surface area contributed by atoms with E-state index in [1.807, 2.05) is 30.3 Å². The van der Waals surface area contributed by atoms with Crippen molar-refractivity contribution in [1.82, 2.24) is 5.01 Å². The van der Waals surface area contributed by atoms with Crippen molar-refractivity contribution in [2.45, 2.75) is 18.2 Å². The van der Waals surface area contributed by atoms with Crippen LogP contribution < -0.4 is 0 Å². The molecule has 1 aliphatic rings. The fourth-order valence-corrected chi connectivity index (χ4v) is 5.30. The van der Waals surface area contributed by atoms with Gasteiger partial charge in [0.2, 0.25) is 0 Å². The number of carbonyl (C=O) groups is 1. The van der Waals surface area contributed by atoms with Gasteiger partial charge in [-0.15, -0.1) is 34.4 Å². The summed E-state index contributed by atoms with van der Waals surface area (Å²) in [5.41, 5.74) is 2.25. The Labute approximate surface area is 165 Å². The van der Waals surface area contributed by atoms with Gasteiger partial charge in [0.1, 0.15) is 0 Å². The molecule has 0 radical (unpaired) electrons. The van der Waals surface area contributed by atoms with Gasteiger partial charge in [-0.05, 0) is 28.5 Å². The molecule has 3 heterocycles. The van der Waals surface area contributed by atoms with Gasteiger partial charge in [-0.2, -0.15) is 5.10 Å². The van der Waals surface area contributed by atoms with Gasteiger partial charge in [-0.25, -0.2) is 5.01 Å². The number of thioether (sulfide) groups is 1. The van der Waals surface area contributed by atoms with Crippen LogP contribution in [-0.2, 0) is 10.5 Å². The number of hydrazone groups is 1. The van der Waals surface area contributed by atoms with E-state index >= 15 is 0 Å². The maximum atomic E-state index is 12.9. The Morgan fingerprint density at radius 1 is 1.08 bits per heavy atom. The third-order valence-corrected chi connectivity index (χ3v) is 7.06. The first-order chi connectivity index (χ1) is 12.8. The Bertz CT molecular complexity index is 873. The maximum Gasteiger partial charge on any atom is 0.253 e. The highest BCUT2D eigenvalue weighted by atomic mass is 32.2. The lowest BCUT2D eigenvalue weighted by Gasteiger charge is -2.20. The Balaban J connectivity index is 1.46. The predicted molar refractivity (Wildman–Crippen MR) is 112 cm³/mol. The Morgan fingerprint density at radius 2 is 1.88 bits per heavy atom. The Morgan fingerprint density at radius 3 is 2.62 bits per heavy atom. The van der Waals surface area contributed by atoms with E-state index in [4.69, 9.17) is 5.10 Å². The zero-order valence-corrected chi connectivity index (χ0v) is 16.5. The second-order valence-corrected chi connectivity index (χ2v) is 8.89. The van der Waals surface area contributed by atoms with Crippen molar-refractivity contribution < 1.29 is 4.79 Å². The van der Waals surface area contributed by atoms with Crippen LogP contribution in [0.4, 0.5) is 0 Å². The van der Waals surface area contributed by atoms with Gasteiger partial charge in [0, 0.05) is 17.1 Å². The van der Waals surface area contributed by atoms with Crippen molar-refractivity contribution in [2.24, 2.45) is 5.10 Å². The van der Waals surface area contributed by atoms with Crippen molar-refractivity contribution in [3.05, 3.63) is 80.7 Å². The van der Waals surface area contributed by atoms with Crippen molar-refractivity contribution in [3.8, 4) is 0 Å². The fraction of sp³-hybridized carbons (Fsp3) is 0.200. The molecule has 26 heavy (non-hydrogen) atoms. The fourth-order valence-electron chi connectivity index (χ4n) is 2.93. The van der Waals surface area contributed by atoms with E-state index in [0.29, 0.717) is 5.75 Å². The molecular formula is C20H18N2OS3. The lowest BCUT2D eigenvalue weighted by atomic mass is 10.1. The van der Waals surface area contributed by atoms with Gasteiger partial charge >= 0.3 is 0 Å². The van der Waals surface area contributed by atoms with Crippen molar-refractivity contribution in [2.75, 3.05) is 5.75 Å². The van der Waals surface area contributed by atoms with Gasteiger partial charge < -0.3 is 0 Å². The van der Waals surface area contributed by atoms with E-state index in [0.717, 1.165) is 22.8 Å². The van der Waals surface area contributed by atoms with Crippen LogP contribution in [0.2, 0.25) is 0 Å². The van der Waals surface area contributed by atoms with Gasteiger partial charge in [0.15, 0.2) is 0 Å². The molecule has 3 nitrogen and oxygen atoms in total.